The third-order valence-corrected chi connectivity index (χ3v) is 5.08. The van der Waals surface area contributed by atoms with Gasteiger partial charge in [-0.1, -0.05) is 24.6 Å². The molecule has 0 spiro atoms. The van der Waals surface area contributed by atoms with Gasteiger partial charge in [0.1, 0.15) is 0 Å². The Bertz CT molecular complexity index is 1110. The van der Waals surface area contributed by atoms with E-state index in [0.29, 0.717) is 28.3 Å². The molecule has 0 bridgehead atoms. The molecule has 5 nitrogen and oxygen atoms in total. The first-order valence-corrected chi connectivity index (χ1v) is 9.65. The van der Waals surface area contributed by atoms with Crippen molar-refractivity contribution in [2.45, 2.75) is 33.1 Å². The van der Waals surface area contributed by atoms with Crippen molar-refractivity contribution in [2.24, 2.45) is 0 Å². The van der Waals surface area contributed by atoms with Crippen molar-refractivity contribution in [3.63, 3.8) is 0 Å². The number of hydrogen-bond donors (Lipinski definition) is 1. The number of aromatic hydroxyl groups is 1. The molecule has 0 unspecified atom stereocenters. The molecule has 3 aromatic rings. The van der Waals surface area contributed by atoms with Crippen molar-refractivity contribution in [3.05, 3.63) is 64.1 Å². The summed E-state index contributed by atoms with van der Waals surface area (Å²) < 4.78 is 21.5. The van der Waals surface area contributed by atoms with Crippen LogP contribution in [0.25, 0.3) is 10.9 Å². The Morgan fingerprint density at radius 3 is 2.66 bits per heavy atom. The quantitative estimate of drug-likeness (QED) is 0.580. The van der Waals surface area contributed by atoms with Crippen LogP contribution in [0.4, 0.5) is 4.39 Å². The van der Waals surface area contributed by atoms with Crippen LogP contribution in [-0.4, -0.2) is 28.2 Å². The van der Waals surface area contributed by atoms with Crippen LogP contribution in [0.5, 0.6) is 5.75 Å². The van der Waals surface area contributed by atoms with E-state index >= 15 is 0 Å². The summed E-state index contributed by atoms with van der Waals surface area (Å²) in [6, 6.07) is 9.06. The smallest absolute Gasteiger partial charge is 0.313 e. The third kappa shape index (κ3) is 3.72. The van der Waals surface area contributed by atoms with Gasteiger partial charge in [0, 0.05) is 21.7 Å². The molecule has 1 aromatic heterocycles. The average molecular weight is 418 g/mol. The van der Waals surface area contributed by atoms with Gasteiger partial charge in [-0.2, -0.15) is 0 Å². The van der Waals surface area contributed by atoms with Crippen molar-refractivity contribution in [2.75, 3.05) is 6.61 Å². The molecule has 1 atom stereocenters. The number of hydrogen-bond acceptors (Lipinski definition) is 4. The van der Waals surface area contributed by atoms with Crippen molar-refractivity contribution in [1.29, 1.82) is 0 Å². The highest BCUT2D eigenvalue weighted by Gasteiger charge is 2.30. The van der Waals surface area contributed by atoms with Crippen LogP contribution >= 0.6 is 11.6 Å². The number of benzene rings is 2. The standard InChI is InChI=1S/C22H21ClFNO4/c1-4-10-29-22(28)12(2)18-13(3)25(16-8-9-17(26)20(24)19(16)18)21(27)14-6-5-7-15(23)11-14/h5-9,11-12,26H,4,10H2,1-3H3/t12-/m0/s1. The van der Waals surface area contributed by atoms with Crippen molar-refractivity contribution in [3.8, 4) is 5.75 Å². The third-order valence-electron chi connectivity index (χ3n) is 4.84. The van der Waals surface area contributed by atoms with Crippen LogP contribution in [0, 0.1) is 12.7 Å². The highest BCUT2D eigenvalue weighted by Crippen LogP contribution is 2.37. The first-order valence-electron chi connectivity index (χ1n) is 9.27. The molecular formula is C22H21ClFNO4. The van der Waals surface area contributed by atoms with E-state index in [0.717, 1.165) is 0 Å². The van der Waals surface area contributed by atoms with Gasteiger partial charge in [-0.15, -0.1) is 0 Å². The van der Waals surface area contributed by atoms with Crippen LogP contribution in [0.2, 0.25) is 5.02 Å². The van der Waals surface area contributed by atoms with Gasteiger partial charge in [-0.3, -0.25) is 14.2 Å². The summed E-state index contributed by atoms with van der Waals surface area (Å²) in [6.45, 7) is 5.35. The summed E-state index contributed by atoms with van der Waals surface area (Å²) in [6.07, 6.45) is 0.654. The lowest BCUT2D eigenvalue weighted by Crippen LogP contribution is -2.17. The van der Waals surface area contributed by atoms with E-state index in [1.165, 1.54) is 22.8 Å². The number of nitrogens with zero attached hydrogens (tertiary/aromatic N) is 1. The fraction of sp³-hybridized carbons (Fsp3) is 0.273. The highest BCUT2D eigenvalue weighted by molar-refractivity contribution is 6.31. The number of phenols is 1. The largest absolute Gasteiger partial charge is 0.505 e. The fourth-order valence-electron chi connectivity index (χ4n) is 3.47. The Morgan fingerprint density at radius 2 is 2.00 bits per heavy atom. The zero-order chi connectivity index (χ0) is 21.3. The van der Waals surface area contributed by atoms with Gasteiger partial charge in [-0.25, -0.2) is 4.39 Å². The summed E-state index contributed by atoms with van der Waals surface area (Å²) in [7, 11) is 0. The summed E-state index contributed by atoms with van der Waals surface area (Å²) >= 11 is 6.01. The summed E-state index contributed by atoms with van der Waals surface area (Å²) in [5, 5.41) is 10.3. The minimum Gasteiger partial charge on any atom is -0.505 e. The maximum absolute atomic E-state index is 14.9. The Labute approximate surface area is 172 Å². The van der Waals surface area contributed by atoms with Gasteiger partial charge in [0.15, 0.2) is 11.6 Å². The van der Waals surface area contributed by atoms with Crippen LogP contribution in [-0.2, 0) is 9.53 Å². The number of fused-ring (bicyclic) bond motifs is 1. The fourth-order valence-corrected chi connectivity index (χ4v) is 3.66. The zero-order valence-corrected chi connectivity index (χ0v) is 17.1. The molecule has 152 valence electrons. The predicted molar refractivity (Wildman–Crippen MR) is 109 cm³/mol. The minimum atomic E-state index is -0.881. The lowest BCUT2D eigenvalue weighted by molar-refractivity contribution is -0.145. The molecule has 1 heterocycles. The minimum absolute atomic E-state index is 0.0267. The maximum atomic E-state index is 14.9. The number of phenolic OH excluding ortho intramolecular Hbond substituents is 1. The van der Waals surface area contributed by atoms with Crippen molar-refractivity contribution in [1.82, 2.24) is 4.57 Å². The van der Waals surface area contributed by atoms with Gasteiger partial charge < -0.3 is 9.84 Å². The van der Waals surface area contributed by atoms with E-state index in [-0.39, 0.29) is 17.5 Å². The normalized spacial score (nSPS) is 12.2. The van der Waals surface area contributed by atoms with E-state index in [2.05, 4.69) is 0 Å². The monoisotopic (exact) mass is 417 g/mol. The van der Waals surface area contributed by atoms with Crippen LogP contribution in [0.15, 0.2) is 36.4 Å². The SMILES string of the molecule is CCCOC(=O)[C@@H](C)c1c(C)n(C(=O)c2cccc(Cl)c2)c2ccc(O)c(F)c12. The van der Waals surface area contributed by atoms with E-state index < -0.39 is 29.4 Å². The number of halogens is 2. The molecule has 0 aliphatic carbocycles. The van der Waals surface area contributed by atoms with Gasteiger partial charge in [0.05, 0.1) is 18.0 Å². The summed E-state index contributed by atoms with van der Waals surface area (Å²) in [5.74, 6) is -3.20. The van der Waals surface area contributed by atoms with Gasteiger partial charge in [-0.05, 0) is 56.2 Å². The average Bonchev–Trinajstić information content (AvgIpc) is 3.00. The van der Waals surface area contributed by atoms with Gasteiger partial charge >= 0.3 is 5.97 Å². The lowest BCUT2D eigenvalue weighted by atomic mass is 9.97. The Hall–Kier alpha value is -2.86. The van der Waals surface area contributed by atoms with Gasteiger partial charge in [0.25, 0.3) is 5.91 Å². The molecule has 3 rings (SSSR count). The van der Waals surface area contributed by atoms with E-state index in [4.69, 9.17) is 16.3 Å². The first-order chi connectivity index (χ1) is 13.8. The highest BCUT2D eigenvalue weighted by atomic mass is 35.5. The number of aromatic nitrogens is 1. The molecule has 1 N–H and O–H groups in total. The topological polar surface area (TPSA) is 68.5 Å². The molecule has 0 aliphatic heterocycles. The number of ether oxygens (including phenoxy) is 1. The van der Waals surface area contributed by atoms with E-state index in [1.54, 1.807) is 32.0 Å². The number of rotatable bonds is 5. The molecule has 0 saturated carbocycles. The van der Waals surface area contributed by atoms with Crippen molar-refractivity contribution >= 4 is 34.4 Å². The molecule has 0 aliphatic rings. The summed E-state index contributed by atoms with van der Waals surface area (Å²) in [5.41, 5.74) is 1.28. The van der Waals surface area contributed by atoms with Crippen molar-refractivity contribution < 1.29 is 23.8 Å². The summed E-state index contributed by atoms with van der Waals surface area (Å²) in [4.78, 5) is 25.7. The second-order valence-electron chi connectivity index (χ2n) is 6.83. The maximum Gasteiger partial charge on any atom is 0.313 e. The Kier molecular flexibility index (Phi) is 5.94. The van der Waals surface area contributed by atoms with Crippen LogP contribution < -0.4 is 0 Å². The lowest BCUT2D eigenvalue weighted by Gasteiger charge is -2.13. The van der Waals surface area contributed by atoms with Gasteiger partial charge in [0.2, 0.25) is 0 Å². The molecule has 29 heavy (non-hydrogen) atoms. The zero-order valence-electron chi connectivity index (χ0n) is 16.3. The number of carbonyl (C=O) groups excluding carboxylic acids is 2. The Morgan fingerprint density at radius 1 is 1.28 bits per heavy atom. The van der Waals surface area contributed by atoms with E-state index in [9.17, 15) is 19.1 Å². The second-order valence-corrected chi connectivity index (χ2v) is 7.27. The first kappa shape index (κ1) is 20.9. The molecule has 7 heteroatoms. The second kappa shape index (κ2) is 8.25. The predicted octanol–water partition coefficient (Wildman–Crippen LogP) is 5.19. The molecular weight excluding hydrogens is 397 g/mol. The number of esters is 1. The molecule has 0 saturated heterocycles. The van der Waals surface area contributed by atoms with Crippen LogP contribution in [0.1, 0.15) is 47.8 Å². The number of carbonyl (C=O) groups is 2. The van der Waals surface area contributed by atoms with E-state index in [1.807, 2.05) is 6.92 Å². The molecule has 0 fully saturated rings. The molecule has 0 radical (unpaired) electrons. The van der Waals surface area contributed by atoms with Crippen LogP contribution in [0.3, 0.4) is 0 Å². The Balaban J connectivity index is 2.25. The molecule has 0 amide bonds. The molecule has 2 aromatic carbocycles.